The van der Waals surface area contributed by atoms with Gasteiger partial charge in [0.2, 0.25) is 0 Å². The van der Waals surface area contributed by atoms with Crippen LogP contribution in [0.1, 0.15) is 82.8 Å². The number of nitrogens with zero attached hydrogens (tertiary/aromatic N) is 1. The quantitative estimate of drug-likeness (QED) is 0.143. The van der Waals surface area contributed by atoms with Crippen LogP contribution >= 0.6 is 0 Å². The van der Waals surface area contributed by atoms with Gasteiger partial charge in [0.1, 0.15) is 12.7 Å². The highest BCUT2D eigenvalue weighted by molar-refractivity contribution is 7.19. The molecule has 0 spiro atoms. The zero-order chi connectivity index (χ0) is 37.5. The minimum Gasteiger partial charge on any atom is -0.393 e. The van der Waals surface area contributed by atoms with Crippen LogP contribution < -0.4 is 21.9 Å². The third kappa shape index (κ3) is 6.35. The summed E-state index contributed by atoms with van der Waals surface area (Å²) in [6, 6.07) is 53.3. The van der Waals surface area contributed by atoms with Crippen molar-refractivity contribution < 1.29 is 9.68 Å². The fraction of sp³-hybridized carbons (Fsp3) is 0.404. The molecular weight excluding hydrogens is 665 g/mol. The van der Waals surface area contributed by atoms with Gasteiger partial charge in [-0.1, -0.05) is 153 Å². The summed E-state index contributed by atoms with van der Waals surface area (Å²) in [6.07, 6.45) is 14.3. The number of fused-ring (bicyclic) bond motifs is 6. The van der Waals surface area contributed by atoms with Gasteiger partial charge >= 0.3 is 0 Å². The second-order valence-corrected chi connectivity index (χ2v) is 18.5. The molecule has 1 aliphatic heterocycles. The van der Waals surface area contributed by atoms with Crippen LogP contribution in [0, 0.1) is 34.5 Å². The molecule has 3 heteroatoms. The molecule has 2 nitrogen and oxygen atoms in total. The first kappa shape index (κ1) is 36.4. The van der Waals surface area contributed by atoms with Crippen LogP contribution in [0.15, 0.2) is 146 Å². The fourth-order valence-corrected chi connectivity index (χ4v) is 13.5. The van der Waals surface area contributed by atoms with Crippen molar-refractivity contribution in [3.8, 4) is 0 Å². The van der Waals surface area contributed by atoms with Gasteiger partial charge in [-0.15, -0.1) is 0 Å². The molecule has 1 unspecified atom stereocenters. The molecule has 8 atom stereocenters. The van der Waals surface area contributed by atoms with Crippen molar-refractivity contribution in [1.29, 1.82) is 0 Å². The SMILES string of the molecule is C[C@]12CC[C@H]3[C@@H](CCC4C[C@H](O)CC[C@@]43C)[C@@H]1CC[C@@H]2[N+]1=Cc2ccccc2CC1.c1ccc([B-](c2ccccc2)(c2ccccc2)c2ccccc2)cc1. The molecular formula is C52H60BNO. The Labute approximate surface area is 330 Å². The highest BCUT2D eigenvalue weighted by atomic mass is 16.3. The number of rotatable bonds is 5. The van der Waals surface area contributed by atoms with Crippen molar-refractivity contribution in [3.63, 3.8) is 0 Å². The van der Waals surface area contributed by atoms with Crippen LogP contribution in [-0.2, 0) is 6.42 Å². The van der Waals surface area contributed by atoms with E-state index < -0.39 is 6.15 Å². The number of hydrogen-bond acceptors (Lipinski definition) is 1. The number of aliphatic hydroxyl groups is 1. The Balaban J connectivity index is 0.000000147. The molecule has 282 valence electrons. The molecule has 0 amide bonds. The summed E-state index contributed by atoms with van der Waals surface area (Å²) in [4.78, 5) is 0. The molecule has 1 heterocycles. The molecule has 5 aromatic rings. The summed E-state index contributed by atoms with van der Waals surface area (Å²) in [5.41, 5.74) is 9.33. The van der Waals surface area contributed by atoms with Crippen molar-refractivity contribution in [1.82, 2.24) is 0 Å². The predicted molar refractivity (Wildman–Crippen MR) is 232 cm³/mol. The smallest absolute Gasteiger partial charge is 0.171 e. The summed E-state index contributed by atoms with van der Waals surface area (Å²) in [7, 11) is 0. The van der Waals surface area contributed by atoms with E-state index in [4.69, 9.17) is 0 Å². The molecule has 0 bridgehead atoms. The monoisotopic (exact) mass is 725 g/mol. The average Bonchev–Trinajstić information content (AvgIpc) is 3.60. The Kier molecular flexibility index (Phi) is 9.96. The maximum Gasteiger partial charge on any atom is 0.171 e. The first-order valence-electron chi connectivity index (χ1n) is 21.7. The lowest BCUT2D eigenvalue weighted by atomic mass is 9.13. The molecule has 5 aliphatic rings. The Bertz CT molecular complexity index is 1920. The van der Waals surface area contributed by atoms with Gasteiger partial charge in [-0.25, -0.2) is 4.58 Å². The van der Waals surface area contributed by atoms with E-state index in [1.54, 1.807) is 0 Å². The number of aliphatic hydroxyl groups excluding tert-OH is 1. The van der Waals surface area contributed by atoms with E-state index in [1.807, 2.05) is 0 Å². The van der Waals surface area contributed by atoms with Gasteiger partial charge in [-0.05, 0) is 92.1 Å². The first-order chi connectivity index (χ1) is 26.9. The maximum absolute atomic E-state index is 10.3. The molecule has 1 N–H and O–H groups in total. The highest BCUT2D eigenvalue weighted by Crippen LogP contribution is 2.66. The minimum atomic E-state index is -1.22. The standard InChI is InChI=1S/C28H40NO.C24H20B/c1-27-14-11-22(30)17-21(27)7-8-23-24-9-10-26(28(24,2)15-12-25(23)27)29-16-13-19-5-3-4-6-20(19)18-29;1-5-13-21(14-6-1)25(22-15-7-2-8-16-22,23-17-9-3-10-18-23)24-19-11-4-12-20-24/h3-6,18,21-26,30H,7-17H2,1-2H3;1-20H/q+1;-1/t21?,22-,23+,24+,25+,26+,27+,28+;/m1./s1. The molecule has 4 saturated carbocycles. The normalized spacial score (nSPS) is 31.0. The summed E-state index contributed by atoms with van der Waals surface area (Å²) < 4.78 is 2.76. The Morgan fingerprint density at radius 3 is 1.64 bits per heavy atom. The first-order valence-corrected chi connectivity index (χ1v) is 21.7. The van der Waals surface area contributed by atoms with Gasteiger partial charge in [-0.3, -0.25) is 0 Å². The second kappa shape index (κ2) is 15.0. The predicted octanol–water partition coefficient (Wildman–Crippen LogP) is 8.51. The van der Waals surface area contributed by atoms with Crippen molar-refractivity contribution in [2.75, 3.05) is 6.54 Å². The lowest BCUT2D eigenvalue weighted by molar-refractivity contribution is -0.578. The summed E-state index contributed by atoms with van der Waals surface area (Å²) in [6.45, 7) is 6.49. The van der Waals surface area contributed by atoms with Crippen LogP contribution in [0.2, 0.25) is 0 Å². The highest BCUT2D eigenvalue weighted by Gasteiger charge is 2.62. The zero-order valence-electron chi connectivity index (χ0n) is 33.1. The van der Waals surface area contributed by atoms with E-state index in [0.717, 1.165) is 42.6 Å². The third-order valence-corrected chi connectivity index (χ3v) is 16.2. The number of hydrogen-bond donors (Lipinski definition) is 1. The molecule has 4 aliphatic carbocycles. The van der Waals surface area contributed by atoms with Gasteiger partial charge < -0.3 is 5.11 Å². The van der Waals surface area contributed by atoms with E-state index in [9.17, 15) is 5.11 Å². The van der Waals surface area contributed by atoms with Crippen molar-refractivity contribution in [3.05, 3.63) is 157 Å². The molecule has 0 aromatic heterocycles. The van der Waals surface area contributed by atoms with Crippen molar-refractivity contribution in [2.24, 2.45) is 34.5 Å². The van der Waals surface area contributed by atoms with Crippen molar-refractivity contribution in [2.45, 2.75) is 90.2 Å². The molecule has 55 heavy (non-hydrogen) atoms. The van der Waals surface area contributed by atoms with Crippen LogP contribution in [0.3, 0.4) is 0 Å². The molecule has 4 fully saturated rings. The minimum absolute atomic E-state index is 0.0261. The largest absolute Gasteiger partial charge is 0.393 e. The van der Waals surface area contributed by atoms with Gasteiger partial charge in [0.05, 0.1) is 6.10 Å². The fourth-order valence-electron chi connectivity index (χ4n) is 13.5. The summed E-state index contributed by atoms with van der Waals surface area (Å²) in [5, 5.41) is 10.3. The Hall–Kier alpha value is -4.21. The molecule has 0 saturated heterocycles. The van der Waals surface area contributed by atoms with Crippen LogP contribution in [0.4, 0.5) is 0 Å². The van der Waals surface area contributed by atoms with Gasteiger partial charge in [0.25, 0.3) is 0 Å². The topological polar surface area (TPSA) is 23.2 Å². The molecule has 5 aromatic carbocycles. The number of benzene rings is 5. The lowest BCUT2D eigenvalue weighted by Crippen LogP contribution is -2.74. The van der Waals surface area contributed by atoms with E-state index in [-0.39, 0.29) is 6.10 Å². The summed E-state index contributed by atoms with van der Waals surface area (Å²) >= 11 is 0. The van der Waals surface area contributed by atoms with E-state index >= 15 is 0 Å². The van der Waals surface area contributed by atoms with Gasteiger partial charge in [0.15, 0.2) is 12.3 Å². The van der Waals surface area contributed by atoms with Crippen LogP contribution in [-0.4, -0.2) is 40.7 Å². The summed E-state index contributed by atoms with van der Waals surface area (Å²) in [5.74, 6) is 3.53. The Morgan fingerprint density at radius 1 is 0.545 bits per heavy atom. The van der Waals surface area contributed by atoms with Crippen LogP contribution in [0.25, 0.3) is 0 Å². The molecule has 0 radical (unpaired) electrons. The zero-order valence-corrected chi connectivity index (χ0v) is 33.1. The lowest BCUT2D eigenvalue weighted by Gasteiger charge is -2.60. The maximum atomic E-state index is 10.3. The Morgan fingerprint density at radius 2 is 1.05 bits per heavy atom. The molecule has 10 rings (SSSR count). The van der Waals surface area contributed by atoms with E-state index in [2.05, 4.69) is 170 Å². The van der Waals surface area contributed by atoms with Crippen molar-refractivity contribution >= 4 is 34.2 Å². The van der Waals surface area contributed by atoms with E-state index in [0.29, 0.717) is 10.8 Å². The van der Waals surface area contributed by atoms with E-state index in [1.165, 1.54) is 90.9 Å². The van der Waals surface area contributed by atoms with Crippen LogP contribution in [0.5, 0.6) is 0 Å². The van der Waals surface area contributed by atoms with Gasteiger partial charge in [0, 0.05) is 23.8 Å². The second-order valence-electron chi connectivity index (χ2n) is 18.5. The third-order valence-electron chi connectivity index (χ3n) is 16.2. The average molecular weight is 726 g/mol. The van der Waals surface area contributed by atoms with Gasteiger partial charge in [-0.2, -0.15) is 21.9 Å².